The fraction of sp³-hybridized carbons (Fsp3) is 0.818. The molecule has 0 radical (unpaired) electrons. The smallest absolute Gasteiger partial charge is 0.323 e. The fourth-order valence-electron chi connectivity index (χ4n) is 1.46. The van der Waals surface area contributed by atoms with Gasteiger partial charge in [0.1, 0.15) is 5.92 Å². The van der Waals surface area contributed by atoms with Gasteiger partial charge < -0.3 is 4.74 Å². The average molecular weight is 197 g/mol. The summed E-state index contributed by atoms with van der Waals surface area (Å²) in [5.74, 6) is -0.552. The Balaban J connectivity index is 4.03. The van der Waals surface area contributed by atoms with Gasteiger partial charge in [-0.05, 0) is 19.3 Å². The third-order valence-corrected chi connectivity index (χ3v) is 2.15. The van der Waals surface area contributed by atoms with E-state index >= 15 is 0 Å². The largest absolute Gasteiger partial charge is 0.465 e. The Hall–Kier alpha value is -1.04. The highest BCUT2D eigenvalue weighted by Gasteiger charge is 2.21. The van der Waals surface area contributed by atoms with Crippen LogP contribution in [-0.2, 0) is 9.53 Å². The van der Waals surface area contributed by atoms with Crippen LogP contribution in [0, 0.1) is 23.2 Å². The molecule has 80 valence electrons. The van der Waals surface area contributed by atoms with E-state index < -0.39 is 5.92 Å². The quantitative estimate of drug-likeness (QED) is 0.615. The Morgan fingerprint density at radius 3 is 2.57 bits per heavy atom. The van der Waals surface area contributed by atoms with E-state index in [4.69, 9.17) is 10.00 Å². The molecular formula is C11H19NO2. The predicted octanol–water partition coefficient (Wildman–Crippen LogP) is 2.52. The SMILES string of the molecule is CCCC(C)CC(C#N)C(=O)OCC. The van der Waals surface area contributed by atoms with Crippen molar-refractivity contribution in [2.45, 2.75) is 40.0 Å². The number of nitrogens with zero attached hydrogens (tertiary/aromatic N) is 1. The summed E-state index contributed by atoms with van der Waals surface area (Å²) >= 11 is 0. The van der Waals surface area contributed by atoms with Crippen LogP contribution in [0.5, 0.6) is 0 Å². The Morgan fingerprint density at radius 2 is 2.14 bits per heavy atom. The number of nitriles is 1. The first-order valence-electron chi connectivity index (χ1n) is 5.21. The van der Waals surface area contributed by atoms with Crippen molar-refractivity contribution in [2.24, 2.45) is 11.8 Å². The second-order valence-corrected chi connectivity index (χ2v) is 3.56. The normalized spacial score (nSPS) is 14.1. The number of carbonyl (C=O) groups excluding carboxylic acids is 1. The van der Waals surface area contributed by atoms with Crippen LogP contribution < -0.4 is 0 Å². The molecular weight excluding hydrogens is 178 g/mol. The number of rotatable bonds is 6. The monoisotopic (exact) mass is 197 g/mol. The lowest BCUT2D eigenvalue weighted by Gasteiger charge is -2.13. The van der Waals surface area contributed by atoms with Gasteiger partial charge in [0.25, 0.3) is 0 Å². The highest BCUT2D eigenvalue weighted by atomic mass is 16.5. The summed E-state index contributed by atoms with van der Waals surface area (Å²) in [6.45, 7) is 6.26. The highest BCUT2D eigenvalue weighted by molar-refractivity contribution is 5.75. The maximum absolute atomic E-state index is 11.3. The fourth-order valence-corrected chi connectivity index (χ4v) is 1.46. The zero-order chi connectivity index (χ0) is 11.0. The van der Waals surface area contributed by atoms with Gasteiger partial charge >= 0.3 is 5.97 Å². The van der Waals surface area contributed by atoms with E-state index in [1.807, 2.05) is 6.07 Å². The topological polar surface area (TPSA) is 50.1 Å². The van der Waals surface area contributed by atoms with Gasteiger partial charge in [0, 0.05) is 0 Å². The third-order valence-electron chi connectivity index (χ3n) is 2.15. The standard InChI is InChI=1S/C11H19NO2/c1-4-6-9(3)7-10(8-12)11(13)14-5-2/h9-10H,4-7H2,1-3H3. The molecule has 0 aromatic heterocycles. The van der Waals surface area contributed by atoms with Gasteiger partial charge in [0.2, 0.25) is 0 Å². The molecule has 0 N–H and O–H groups in total. The molecule has 2 atom stereocenters. The van der Waals surface area contributed by atoms with Crippen molar-refractivity contribution in [3.05, 3.63) is 0 Å². The molecule has 2 unspecified atom stereocenters. The first kappa shape index (κ1) is 13.0. The molecule has 0 aliphatic carbocycles. The van der Waals surface area contributed by atoms with Crippen LogP contribution in [0.2, 0.25) is 0 Å². The van der Waals surface area contributed by atoms with Gasteiger partial charge in [-0.1, -0.05) is 26.7 Å². The summed E-state index contributed by atoms with van der Waals surface area (Å²) in [5, 5.41) is 8.79. The molecule has 14 heavy (non-hydrogen) atoms. The molecule has 0 aromatic rings. The second-order valence-electron chi connectivity index (χ2n) is 3.56. The molecule has 0 aliphatic heterocycles. The van der Waals surface area contributed by atoms with Crippen molar-refractivity contribution in [1.29, 1.82) is 5.26 Å². The van der Waals surface area contributed by atoms with Crippen molar-refractivity contribution in [1.82, 2.24) is 0 Å². The number of carbonyl (C=O) groups is 1. The minimum Gasteiger partial charge on any atom is -0.465 e. The lowest BCUT2D eigenvalue weighted by atomic mass is 9.93. The molecule has 0 amide bonds. The van der Waals surface area contributed by atoms with Crippen molar-refractivity contribution in [2.75, 3.05) is 6.61 Å². The number of ether oxygens (including phenoxy) is 1. The molecule has 0 fully saturated rings. The molecule has 0 aromatic carbocycles. The van der Waals surface area contributed by atoms with E-state index in [-0.39, 0.29) is 5.97 Å². The molecule has 0 heterocycles. The lowest BCUT2D eigenvalue weighted by molar-refractivity contribution is -0.146. The predicted molar refractivity (Wildman–Crippen MR) is 54.4 cm³/mol. The maximum atomic E-state index is 11.3. The van der Waals surface area contributed by atoms with E-state index in [1.54, 1.807) is 6.92 Å². The van der Waals surface area contributed by atoms with E-state index in [0.29, 0.717) is 18.9 Å². The van der Waals surface area contributed by atoms with E-state index in [2.05, 4.69) is 13.8 Å². The molecule has 0 bridgehead atoms. The zero-order valence-electron chi connectivity index (χ0n) is 9.25. The van der Waals surface area contributed by atoms with Crippen LogP contribution >= 0.6 is 0 Å². The van der Waals surface area contributed by atoms with Crippen molar-refractivity contribution in [3.63, 3.8) is 0 Å². The van der Waals surface area contributed by atoms with Gasteiger partial charge in [-0.2, -0.15) is 5.26 Å². The van der Waals surface area contributed by atoms with Crippen LogP contribution in [0.15, 0.2) is 0 Å². The zero-order valence-corrected chi connectivity index (χ0v) is 9.25. The van der Waals surface area contributed by atoms with Crippen LogP contribution in [0.25, 0.3) is 0 Å². The van der Waals surface area contributed by atoms with Gasteiger partial charge in [-0.3, -0.25) is 4.79 Å². The second kappa shape index (κ2) is 7.37. The lowest BCUT2D eigenvalue weighted by Crippen LogP contribution is -2.18. The Bertz CT molecular complexity index is 208. The Labute approximate surface area is 86.1 Å². The molecule has 0 saturated carbocycles. The summed E-state index contributed by atoms with van der Waals surface area (Å²) < 4.78 is 4.81. The molecule has 0 aliphatic rings. The van der Waals surface area contributed by atoms with Gasteiger partial charge in [0.15, 0.2) is 0 Å². The van der Waals surface area contributed by atoms with Crippen LogP contribution in [0.3, 0.4) is 0 Å². The van der Waals surface area contributed by atoms with Crippen molar-refractivity contribution in [3.8, 4) is 6.07 Å². The molecule has 0 spiro atoms. The first-order valence-corrected chi connectivity index (χ1v) is 5.21. The molecule has 0 rings (SSSR count). The minimum absolute atomic E-state index is 0.346. The summed E-state index contributed by atoms with van der Waals surface area (Å²) in [4.78, 5) is 11.3. The summed E-state index contributed by atoms with van der Waals surface area (Å²) in [6, 6.07) is 2.00. The van der Waals surface area contributed by atoms with E-state index in [9.17, 15) is 4.79 Å². The van der Waals surface area contributed by atoms with Gasteiger partial charge in [-0.15, -0.1) is 0 Å². The molecule has 3 nitrogen and oxygen atoms in total. The molecule has 0 saturated heterocycles. The highest BCUT2D eigenvalue weighted by Crippen LogP contribution is 2.17. The molecule has 3 heteroatoms. The maximum Gasteiger partial charge on any atom is 0.323 e. The van der Waals surface area contributed by atoms with E-state index in [0.717, 1.165) is 12.8 Å². The van der Waals surface area contributed by atoms with Gasteiger partial charge in [-0.25, -0.2) is 0 Å². The first-order chi connectivity index (χ1) is 6.65. The van der Waals surface area contributed by atoms with Crippen LogP contribution in [-0.4, -0.2) is 12.6 Å². The summed E-state index contributed by atoms with van der Waals surface area (Å²) in [6.07, 6.45) is 2.75. The Morgan fingerprint density at radius 1 is 1.50 bits per heavy atom. The van der Waals surface area contributed by atoms with E-state index in [1.165, 1.54) is 0 Å². The number of esters is 1. The van der Waals surface area contributed by atoms with Crippen LogP contribution in [0.1, 0.15) is 40.0 Å². The average Bonchev–Trinajstić information content (AvgIpc) is 2.15. The summed E-state index contributed by atoms with van der Waals surface area (Å²) in [7, 11) is 0. The van der Waals surface area contributed by atoms with Crippen molar-refractivity contribution >= 4 is 5.97 Å². The van der Waals surface area contributed by atoms with Crippen molar-refractivity contribution < 1.29 is 9.53 Å². The third kappa shape index (κ3) is 4.86. The van der Waals surface area contributed by atoms with Gasteiger partial charge in [0.05, 0.1) is 12.7 Å². The Kier molecular flexibility index (Phi) is 6.82. The number of hydrogen-bond donors (Lipinski definition) is 0. The minimum atomic E-state index is -0.587. The van der Waals surface area contributed by atoms with Crippen LogP contribution in [0.4, 0.5) is 0 Å². The summed E-state index contributed by atoms with van der Waals surface area (Å²) in [5.41, 5.74) is 0. The number of hydrogen-bond acceptors (Lipinski definition) is 3.